The smallest absolute Gasteiger partial charge is 0.258 e. The van der Waals surface area contributed by atoms with Crippen molar-refractivity contribution < 1.29 is 4.79 Å². The van der Waals surface area contributed by atoms with Gasteiger partial charge < -0.3 is 5.73 Å². The summed E-state index contributed by atoms with van der Waals surface area (Å²) in [6, 6.07) is 5.35. The van der Waals surface area contributed by atoms with Crippen molar-refractivity contribution in [3.63, 3.8) is 0 Å². The molecule has 0 bridgehead atoms. The van der Waals surface area contributed by atoms with Gasteiger partial charge in [0.05, 0.1) is 18.9 Å². The second kappa shape index (κ2) is 6.41. The number of rotatable bonds is 2. The number of hydrogen-bond acceptors (Lipinski definition) is 5. The predicted octanol–water partition coefficient (Wildman–Crippen LogP) is 0.743. The first kappa shape index (κ1) is 13.6. The van der Waals surface area contributed by atoms with E-state index in [0.29, 0.717) is 5.56 Å². The lowest BCUT2D eigenvalue weighted by molar-refractivity contribution is 0.102. The number of carbonyl (C=O) groups excluding carboxylic acids is 1. The maximum Gasteiger partial charge on any atom is 0.258 e. The Hall–Kier alpha value is -2.78. The standard InChI is InChI=1S/C14H13N5O/c1-10-7-11(3-2-4-15)9-12(8-10)13(20)18-14-16-5-6-17-19-14/h5-9H,4,15H2,1H3,(H,16,18,19,20). The highest BCUT2D eigenvalue weighted by Crippen LogP contribution is 2.10. The van der Waals surface area contributed by atoms with Crippen LogP contribution in [0.3, 0.4) is 0 Å². The van der Waals surface area contributed by atoms with Crippen LogP contribution >= 0.6 is 0 Å². The maximum atomic E-state index is 12.1. The molecule has 6 heteroatoms. The van der Waals surface area contributed by atoms with E-state index in [1.54, 1.807) is 12.1 Å². The SMILES string of the molecule is Cc1cc(C#CCN)cc(C(=O)Nc2nccnn2)c1. The summed E-state index contributed by atoms with van der Waals surface area (Å²) in [5.74, 6) is 5.52. The van der Waals surface area contributed by atoms with E-state index >= 15 is 0 Å². The van der Waals surface area contributed by atoms with Crippen molar-refractivity contribution in [2.75, 3.05) is 11.9 Å². The van der Waals surface area contributed by atoms with Crippen molar-refractivity contribution in [1.82, 2.24) is 15.2 Å². The summed E-state index contributed by atoms with van der Waals surface area (Å²) in [7, 11) is 0. The fourth-order valence-corrected chi connectivity index (χ4v) is 1.62. The second-order valence-corrected chi connectivity index (χ2v) is 4.01. The summed E-state index contributed by atoms with van der Waals surface area (Å²) >= 11 is 0. The van der Waals surface area contributed by atoms with E-state index in [1.807, 2.05) is 13.0 Å². The number of carbonyl (C=O) groups is 1. The summed E-state index contributed by atoms with van der Waals surface area (Å²) in [5.41, 5.74) is 7.50. The molecule has 0 radical (unpaired) electrons. The lowest BCUT2D eigenvalue weighted by atomic mass is 10.1. The molecule has 0 atom stereocenters. The van der Waals surface area contributed by atoms with Gasteiger partial charge in [0.25, 0.3) is 5.91 Å². The largest absolute Gasteiger partial charge is 0.320 e. The minimum atomic E-state index is -0.308. The monoisotopic (exact) mass is 267 g/mol. The molecule has 0 spiro atoms. The molecule has 0 aliphatic heterocycles. The number of nitrogens with two attached hydrogens (primary N) is 1. The second-order valence-electron chi connectivity index (χ2n) is 4.01. The van der Waals surface area contributed by atoms with Crippen LogP contribution in [0.25, 0.3) is 0 Å². The molecule has 0 unspecified atom stereocenters. The van der Waals surface area contributed by atoms with E-state index in [0.717, 1.165) is 11.1 Å². The minimum absolute atomic E-state index is 0.161. The third-order valence-corrected chi connectivity index (χ3v) is 2.38. The van der Waals surface area contributed by atoms with E-state index in [2.05, 4.69) is 32.3 Å². The van der Waals surface area contributed by atoms with Gasteiger partial charge in [-0.15, -0.1) is 5.10 Å². The molecule has 2 rings (SSSR count). The fraction of sp³-hybridized carbons (Fsp3) is 0.143. The Balaban J connectivity index is 2.23. The van der Waals surface area contributed by atoms with Crippen LogP contribution in [-0.2, 0) is 0 Å². The number of hydrogen-bond donors (Lipinski definition) is 2. The summed E-state index contributed by atoms with van der Waals surface area (Å²) in [4.78, 5) is 16.0. The van der Waals surface area contributed by atoms with Crippen molar-refractivity contribution in [3.8, 4) is 11.8 Å². The first-order valence-corrected chi connectivity index (χ1v) is 5.94. The van der Waals surface area contributed by atoms with Crippen LogP contribution in [0, 0.1) is 18.8 Å². The third kappa shape index (κ3) is 3.60. The Morgan fingerprint density at radius 2 is 2.20 bits per heavy atom. The topological polar surface area (TPSA) is 93.8 Å². The number of nitrogens with zero attached hydrogens (tertiary/aromatic N) is 3. The molecular formula is C14H13N5O. The molecule has 6 nitrogen and oxygen atoms in total. The number of anilines is 1. The molecule has 0 saturated carbocycles. The van der Waals surface area contributed by atoms with Crippen LogP contribution in [0.15, 0.2) is 30.6 Å². The van der Waals surface area contributed by atoms with Crippen molar-refractivity contribution >= 4 is 11.9 Å². The van der Waals surface area contributed by atoms with Crippen molar-refractivity contribution in [1.29, 1.82) is 0 Å². The molecule has 2 aromatic rings. The number of amides is 1. The molecule has 1 heterocycles. The first-order valence-electron chi connectivity index (χ1n) is 5.94. The minimum Gasteiger partial charge on any atom is -0.320 e. The van der Waals surface area contributed by atoms with Crippen LogP contribution in [0.4, 0.5) is 5.95 Å². The van der Waals surface area contributed by atoms with E-state index < -0.39 is 0 Å². The molecule has 0 saturated heterocycles. The van der Waals surface area contributed by atoms with Gasteiger partial charge >= 0.3 is 0 Å². The van der Waals surface area contributed by atoms with Crippen LogP contribution in [-0.4, -0.2) is 27.6 Å². The van der Waals surface area contributed by atoms with Gasteiger partial charge in [-0.25, -0.2) is 4.98 Å². The normalized spacial score (nSPS) is 9.50. The molecule has 20 heavy (non-hydrogen) atoms. The first-order chi connectivity index (χ1) is 9.69. The van der Waals surface area contributed by atoms with Gasteiger partial charge in [0.2, 0.25) is 5.95 Å². The van der Waals surface area contributed by atoms with Gasteiger partial charge in [-0.2, -0.15) is 5.10 Å². The van der Waals surface area contributed by atoms with Gasteiger partial charge in [-0.3, -0.25) is 10.1 Å². The van der Waals surface area contributed by atoms with E-state index in [1.165, 1.54) is 12.4 Å². The Bertz CT molecular complexity index is 673. The Morgan fingerprint density at radius 1 is 1.35 bits per heavy atom. The molecule has 0 aliphatic rings. The van der Waals surface area contributed by atoms with Crippen molar-refractivity contribution in [2.24, 2.45) is 5.73 Å². The highest BCUT2D eigenvalue weighted by Gasteiger charge is 2.09. The molecule has 100 valence electrons. The van der Waals surface area contributed by atoms with E-state index in [9.17, 15) is 4.79 Å². The van der Waals surface area contributed by atoms with Crippen molar-refractivity contribution in [3.05, 3.63) is 47.3 Å². The summed E-state index contributed by atoms with van der Waals surface area (Å²) < 4.78 is 0. The van der Waals surface area contributed by atoms with Gasteiger partial charge in [-0.1, -0.05) is 11.8 Å². The number of aryl methyl sites for hydroxylation is 1. The molecule has 1 aromatic heterocycles. The summed E-state index contributed by atoms with van der Waals surface area (Å²) in [5, 5.41) is 9.92. The van der Waals surface area contributed by atoms with Crippen LogP contribution in [0.1, 0.15) is 21.5 Å². The van der Waals surface area contributed by atoms with Gasteiger partial charge in [0.15, 0.2) is 0 Å². The lowest BCUT2D eigenvalue weighted by Gasteiger charge is -2.04. The number of benzene rings is 1. The Labute approximate surface area is 116 Å². The fourth-order valence-electron chi connectivity index (χ4n) is 1.62. The highest BCUT2D eigenvalue weighted by molar-refractivity contribution is 6.03. The zero-order chi connectivity index (χ0) is 14.4. The van der Waals surface area contributed by atoms with Gasteiger partial charge in [-0.05, 0) is 30.7 Å². The predicted molar refractivity (Wildman–Crippen MR) is 74.9 cm³/mol. The van der Waals surface area contributed by atoms with E-state index in [-0.39, 0.29) is 18.4 Å². The lowest BCUT2D eigenvalue weighted by Crippen LogP contribution is -2.14. The van der Waals surface area contributed by atoms with Crippen LogP contribution < -0.4 is 11.1 Å². The summed E-state index contributed by atoms with van der Waals surface area (Å²) in [6.07, 6.45) is 2.89. The maximum absolute atomic E-state index is 12.1. The van der Waals surface area contributed by atoms with Gasteiger partial charge in [0, 0.05) is 11.1 Å². The molecule has 0 aliphatic carbocycles. The van der Waals surface area contributed by atoms with Gasteiger partial charge in [0.1, 0.15) is 0 Å². The summed E-state index contributed by atoms with van der Waals surface area (Å²) in [6.45, 7) is 2.17. The average molecular weight is 267 g/mol. The zero-order valence-electron chi connectivity index (χ0n) is 10.9. The molecule has 0 fully saturated rings. The molecule has 1 amide bonds. The third-order valence-electron chi connectivity index (χ3n) is 2.38. The molecular weight excluding hydrogens is 254 g/mol. The highest BCUT2D eigenvalue weighted by atomic mass is 16.1. The Kier molecular flexibility index (Phi) is 4.37. The van der Waals surface area contributed by atoms with Crippen molar-refractivity contribution in [2.45, 2.75) is 6.92 Å². The number of aromatic nitrogens is 3. The number of nitrogens with one attached hydrogen (secondary N) is 1. The van der Waals surface area contributed by atoms with Crippen LogP contribution in [0.5, 0.6) is 0 Å². The quantitative estimate of drug-likeness (QED) is 0.783. The van der Waals surface area contributed by atoms with Crippen LogP contribution in [0.2, 0.25) is 0 Å². The van der Waals surface area contributed by atoms with E-state index in [4.69, 9.17) is 5.73 Å². The average Bonchev–Trinajstić information content (AvgIpc) is 2.45. The molecule has 1 aromatic carbocycles. The Morgan fingerprint density at radius 3 is 2.90 bits per heavy atom. The zero-order valence-corrected chi connectivity index (χ0v) is 10.9. The molecule has 3 N–H and O–H groups in total.